The van der Waals surface area contributed by atoms with Crippen LogP contribution in [-0.2, 0) is 19.4 Å². The van der Waals surface area contributed by atoms with E-state index < -0.39 is 0 Å². The van der Waals surface area contributed by atoms with E-state index in [1.807, 2.05) is 0 Å². The van der Waals surface area contributed by atoms with Gasteiger partial charge in [-0.25, -0.2) is 9.67 Å². The fraction of sp³-hybridized carbons (Fsp3) is 0.389. The van der Waals surface area contributed by atoms with Gasteiger partial charge in [-0.1, -0.05) is 17.3 Å². The van der Waals surface area contributed by atoms with Crippen LogP contribution in [0.25, 0.3) is 5.69 Å². The molecule has 0 bridgehead atoms. The van der Waals surface area contributed by atoms with E-state index in [1.54, 1.807) is 11.0 Å². The topological polar surface area (TPSA) is 68.8 Å². The summed E-state index contributed by atoms with van der Waals surface area (Å²) in [5.41, 5.74) is 4.63. The van der Waals surface area contributed by atoms with Gasteiger partial charge in [0.15, 0.2) is 0 Å². The quantitative estimate of drug-likeness (QED) is 0.782. The number of rotatable bonds is 5. The molecule has 6 heteroatoms. The molecule has 1 aliphatic rings. The number of hydrogen-bond acceptors (Lipinski definition) is 5. The Bertz CT molecular complexity index is 791. The van der Waals surface area contributed by atoms with Crippen LogP contribution in [0.2, 0.25) is 0 Å². The Hall–Kier alpha value is -2.47. The minimum atomic E-state index is 0.241. The fourth-order valence-corrected chi connectivity index (χ4v) is 3.21. The molecule has 4 rings (SSSR count). The molecule has 0 amide bonds. The largest absolute Gasteiger partial charge is 0.361 e. The van der Waals surface area contributed by atoms with Gasteiger partial charge >= 0.3 is 0 Å². The summed E-state index contributed by atoms with van der Waals surface area (Å²) in [5.74, 6) is 1.09. The Balaban J connectivity index is 1.41. The highest BCUT2D eigenvalue weighted by molar-refractivity contribution is 5.34. The van der Waals surface area contributed by atoms with Gasteiger partial charge in [-0.15, -0.1) is 0 Å². The second kappa shape index (κ2) is 6.57. The zero-order valence-corrected chi connectivity index (χ0v) is 13.8. The average Bonchev–Trinajstić information content (AvgIpc) is 3.30. The molecule has 124 valence electrons. The first-order valence-electron chi connectivity index (χ1n) is 8.46. The summed E-state index contributed by atoms with van der Waals surface area (Å²) in [6.07, 6.45) is 7.81. The molecule has 6 nitrogen and oxygen atoms in total. The molecule has 3 aromatic rings. The van der Waals surface area contributed by atoms with Gasteiger partial charge < -0.3 is 9.84 Å². The van der Waals surface area contributed by atoms with Crippen molar-refractivity contribution in [3.05, 3.63) is 59.5 Å². The van der Waals surface area contributed by atoms with Crippen molar-refractivity contribution in [3.8, 4) is 5.69 Å². The van der Waals surface area contributed by atoms with Gasteiger partial charge in [0, 0.05) is 24.6 Å². The van der Waals surface area contributed by atoms with Crippen molar-refractivity contribution < 1.29 is 4.52 Å². The lowest BCUT2D eigenvalue weighted by Crippen LogP contribution is -2.19. The lowest BCUT2D eigenvalue weighted by Gasteiger charge is -2.15. The third-order valence-electron chi connectivity index (χ3n) is 4.68. The van der Waals surface area contributed by atoms with Crippen molar-refractivity contribution in [2.45, 2.75) is 45.2 Å². The molecule has 0 fully saturated rings. The third-order valence-corrected chi connectivity index (χ3v) is 4.68. The Labute approximate surface area is 140 Å². The molecule has 0 radical (unpaired) electrons. The van der Waals surface area contributed by atoms with E-state index in [2.05, 4.69) is 51.7 Å². The van der Waals surface area contributed by atoms with Crippen LogP contribution in [0.15, 0.2) is 41.4 Å². The van der Waals surface area contributed by atoms with E-state index in [4.69, 9.17) is 4.52 Å². The van der Waals surface area contributed by atoms with E-state index in [0.29, 0.717) is 0 Å². The monoisotopic (exact) mass is 323 g/mol. The highest BCUT2D eigenvalue weighted by Gasteiger charge is 2.19. The Morgan fingerprint density at radius 3 is 2.83 bits per heavy atom. The van der Waals surface area contributed by atoms with Crippen LogP contribution < -0.4 is 5.32 Å². The van der Waals surface area contributed by atoms with Gasteiger partial charge in [-0.3, -0.25) is 0 Å². The van der Waals surface area contributed by atoms with Crippen molar-refractivity contribution in [1.82, 2.24) is 25.2 Å². The summed E-state index contributed by atoms with van der Waals surface area (Å²) in [4.78, 5) is 3.97. The number of aryl methyl sites for hydroxylation is 1. The predicted octanol–water partition coefficient (Wildman–Crippen LogP) is 2.98. The molecule has 0 unspecified atom stereocenters. The van der Waals surface area contributed by atoms with Crippen molar-refractivity contribution in [1.29, 1.82) is 0 Å². The molecule has 1 aliphatic carbocycles. The highest BCUT2D eigenvalue weighted by Crippen LogP contribution is 2.24. The smallest absolute Gasteiger partial charge is 0.140 e. The molecule has 0 aliphatic heterocycles. The normalized spacial score (nSPS) is 15.2. The third kappa shape index (κ3) is 2.97. The fourth-order valence-electron chi connectivity index (χ4n) is 3.21. The molecule has 0 saturated carbocycles. The Morgan fingerprint density at radius 1 is 1.21 bits per heavy atom. The lowest BCUT2D eigenvalue weighted by atomic mass is 9.96. The number of aromatic nitrogens is 4. The van der Waals surface area contributed by atoms with E-state index >= 15 is 0 Å². The SMILES string of the molecule is C[C@H](NCc1noc2c1CCCC2)c1ccc(-n2cncn2)cc1. The maximum atomic E-state index is 5.48. The number of benzene rings is 1. The number of fused-ring (bicyclic) bond motifs is 1. The van der Waals surface area contributed by atoms with Crippen LogP contribution in [0.3, 0.4) is 0 Å². The predicted molar refractivity (Wildman–Crippen MR) is 89.8 cm³/mol. The van der Waals surface area contributed by atoms with Gasteiger partial charge in [-0.2, -0.15) is 5.10 Å². The van der Waals surface area contributed by atoms with Crippen LogP contribution in [0.4, 0.5) is 0 Å². The zero-order chi connectivity index (χ0) is 16.4. The molecule has 2 aromatic heterocycles. The molecular formula is C18H21N5O. The minimum Gasteiger partial charge on any atom is -0.361 e. The number of hydrogen-bond donors (Lipinski definition) is 1. The van der Waals surface area contributed by atoms with Crippen molar-refractivity contribution in [2.24, 2.45) is 0 Å². The molecule has 1 atom stereocenters. The van der Waals surface area contributed by atoms with Gasteiger partial charge in [0.1, 0.15) is 24.1 Å². The molecule has 1 aromatic carbocycles. The van der Waals surface area contributed by atoms with E-state index in [9.17, 15) is 0 Å². The van der Waals surface area contributed by atoms with Gasteiger partial charge in [-0.05, 0) is 43.9 Å². The van der Waals surface area contributed by atoms with Crippen LogP contribution in [0, 0.1) is 0 Å². The maximum Gasteiger partial charge on any atom is 0.140 e. The molecule has 2 heterocycles. The number of nitrogens with zero attached hydrogens (tertiary/aromatic N) is 4. The van der Waals surface area contributed by atoms with E-state index in [-0.39, 0.29) is 6.04 Å². The lowest BCUT2D eigenvalue weighted by molar-refractivity contribution is 0.365. The van der Waals surface area contributed by atoms with Crippen molar-refractivity contribution in [2.75, 3.05) is 0 Å². The highest BCUT2D eigenvalue weighted by atomic mass is 16.5. The second-order valence-corrected chi connectivity index (χ2v) is 6.27. The molecular weight excluding hydrogens is 302 g/mol. The van der Waals surface area contributed by atoms with Gasteiger partial charge in [0.05, 0.1) is 5.69 Å². The Morgan fingerprint density at radius 2 is 2.04 bits per heavy atom. The average molecular weight is 323 g/mol. The van der Waals surface area contributed by atoms with Crippen LogP contribution >= 0.6 is 0 Å². The summed E-state index contributed by atoms with van der Waals surface area (Å²) in [6, 6.07) is 8.59. The van der Waals surface area contributed by atoms with Crippen molar-refractivity contribution in [3.63, 3.8) is 0 Å². The van der Waals surface area contributed by atoms with Crippen LogP contribution in [-0.4, -0.2) is 19.9 Å². The summed E-state index contributed by atoms with van der Waals surface area (Å²) < 4.78 is 7.23. The summed E-state index contributed by atoms with van der Waals surface area (Å²) in [6.45, 7) is 2.90. The maximum absolute atomic E-state index is 5.48. The first-order chi connectivity index (χ1) is 11.8. The molecule has 1 N–H and O–H groups in total. The van der Waals surface area contributed by atoms with E-state index in [0.717, 1.165) is 36.5 Å². The number of nitrogens with one attached hydrogen (secondary N) is 1. The zero-order valence-electron chi connectivity index (χ0n) is 13.8. The second-order valence-electron chi connectivity index (χ2n) is 6.27. The summed E-state index contributed by atoms with van der Waals surface area (Å²) >= 11 is 0. The first-order valence-corrected chi connectivity index (χ1v) is 8.46. The molecule has 0 saturated heterocycles. The van der Waals surface area contributed by atoms with E-state index in [1.165, 1.54) is 30.3 Å². The van der Waals surface area contributed by atoms with Crippen molar-refractivity contribution >= 4 is 0 Å². The molecule has 24 heavy (non-hydrogen) atoms. The molecule has 0 spiro atoms. The van der Waals surface area contributed by atoms with Gasteiger partial charge in [0.2, 0.25) is 0 Å². The van der Waals surface area contributed by atoms with Gasteiger partial charge in [0.25, 0.3) is 0 Å². The van der Waals surface area contributed by atoms with Crippen LogP contribution in [0.1, 0.15) is 48.4 Å². The standard InChI is InChI=1S/C18H21N5O/c1-13(14-6-8-15(9-7-14)23-12-19-11-21-23)20-10-17-16-4-2-3-5-18(16)24-22-17/h6-9,11-13,20H,2-5,10H2,1H3/t13-/m0/s1. The summed E-state index contributed by atoms with van der Waals surface area (Å²) in [5, 5.41) is 11.9. The van der Waals surface area contributed by atoms with Crippen LogP contribution in [0.5, 0.6) is 0 Å². The minimum absolute atomic E-state index is 0.241. The summed E-state index contributed by atoms with van der Waals surface area (Å²) in [7, 11) is 0. The first kappa shape index (κ1) is 15.1. The Kier molecular flexibility index (Phi) is 4.13.